The molecule has 108 valence electrons. The van der Waals surface area contributed by atoms with Crippen molar-refractivity contribution < 1.29 is 4.79 Å². The Labute approximate surface area is 113 Å². The molecule has 0 bridgehead atoms. The Morgan fingerprint density at radius 2 is 1.33 bits per heavy atom. The molecule has 3 nitrogen and oxygen atoms in total. The van der Waals surface area contributed by atoms with E-state index in [-0.39, 0.29) is 16.9 Å². The first-order valence-electron chi connectivity index (χ1n) is 6.70. The van der Waals surface area contributed by atoms with Crippen molar-refractivity contribution in [3.63, 3.8) is 0 Å². The van der Waals surface area contributed by atoms with E-state index in [9.17, 15) is 4.79 Å². The Hall–Kier alpha value is -0.570. The lowest BCUT2D eigenvalue weighted by atomic mass is 9.73. The van der Waals surface area contributed by atoms with Gasteiger partial charge >= 0.3 is 0 Å². The third-order valence-corrected chi connectivity index (χ3v) is 3.60. The number of rotatable bonds is 4. The van der Waals surface area contributed by atoms with Gasteiger partial charge in [0.1, 0.15) is 0 Å². The molecular weight excluding hydrogens is 224 g/mol. The summed E-state index contributed by atoms with van der Waals surface area (Å²) < 4.78 is 0. The summed E-state index contributed by atoms with van der Waals surface area (Å²) in [5.41, 5.74) is 4.91. The maximum absolute atomic E-state index is 12.4. The van der Waals surface area contributed by atoms with Crippen molar-refractivity contribution in [1.29, 1.82) is 0 Å². The van der Waals surface area contributed by atoms with Crippen molar-refractivity contribution in [2.45, 2.75) is 79.8 Å². The monoisotopic (exact) mass is 256 g/mol. The first-order chi connectivity index (χ1) is 7.58. The van der Waals surface area contributed by atoms with Crippen LogP contribution in [0.3, 0.4) is 0 Å². The molecular formula is C15H32N2O. The van der Waals surface area contributed by atoms with Gasteiger partial charge in [-0.05, 0) is 53.4 Å². The van der Waals surface area contributed by atoms with Crippen LogP contribution in [0.1, 0.15) is 68.7 Å². The topological polar surface area (TPSA) is 55.1 Å². The van der Waals surface area contributed by atoms with E-state index in [2.05, 4.69) is 39.9 Å². The molecule has 0 spiro atoms. The summed E-state index contributed by atoms with van der Waals surface area (Å²) in [6.07, 6.45) is 0.923. The van der Waals surface area contributed by atoms with Gasteiger partial charge in [-0.15, -0.1) is 0 Å². The highest BCUT2D eigenvalue weighted by Gasteiger charge is 2.42. The molecule has 0 rings (SSSR count). The van der Waals surface area contributed by atoms with Crippen LogP contribution in [0.5, 0.6) is 0 Å². The van der Waals surface area contributed by atoms with Crippen LogP contribution < -0.4 is 11.1 Å². The molecule has 18 heavy (non-hydrogen) atoms. The zero-order valence-electron chi connectivity index (χ0n) is 13.7. The van der Waals surface area contributed by atoms with Crippen molar-refractivity contribution in [2.75, 3.05) is 0 Å². The van der Waals surface area contributed by atoms with E-state index in [4.69, 9.17) is 5.73 Å². The van der Waals surface area contributed by atoms with Gasteiger partial charge < -0.3 is 11.1 Å². The van der Waals surface area contributed by atoms with Gasteiger partial charge in [0.2, 0.25) is 5.91 Å². The maximum Gasteiger partial charge on any atom is 0.227 e. The van der Waals surface area contributed by atoms with E-state index in [0.717, 1.165) is 6.42 Å². The quantitative estimate of drug-likeness (QED) is 0.812. The van der Waals surface area contributed by atoms with Crippen LogP contribution in [0.4, 0.5) is 0 Å². The maximum atomic E-state index is 12.4. The summed E-state index contributed by atoms with van der Waals surface area (Å²) in [5.74, 6) is 0.0178. The Balaban J connectivity index is 4.87. The minimum Gasteiger partial charge on any atom is -0.351 e. The SMILES string of the molecule is CC(C)(C)CC(C)(C)NC(=O)C(C)(C)C(C)(C)N. The Morgan fingerprint density at radius 3 is 1.61 bits per heavy atom. The minimum atomic E-state index is -0.595. The third-order valence-electron chi connectivity index (χ3n) is 3.60. The summed E-state index contributed by atoms with van der Waals surface area (Å²) in [4.78, 5) is 12.4. The Bertz CT molecular complexity index is 303. The van der Waals surface area contributed by atoms with Crippen molar-refractivity contribution >= 4 is 5.91 Å². The van der Waals surface area contributed by atoms with Crippen LogP contribution in [0, 0.1) is 10.8 Å². The van der Waals surface area contributed by atoms with E-state index in [1.165, 1.54) is 0 Å². The van der Waals surface area contributed by atoms with Gasteiger partial charge in [-0.3, -0.25) is 4.79 Å². The molecule has 1 amide bonds. The number of carbonyl (C=O) groups is 1. The minimum absolute atomic E-state index is 0.0178. The summed E-state index contributed by atoms with van der Waals surface area (Å²) in [7, 11) is 0. The smallest absolute Gasteiger partial charge is 0.227 e. The van der Waals surface area contributed by atoms with E-state index in [1.807, 2.05) is 27.7 Å². The molecule has 0 radical (unpaired) electrons. The fourth-order valence-corrected chi connectivity index (χ4v) is 2.13. The predicted octanol–water partition coefficient (Wildman–Crippen LogP) is 3.08. The second-order valence-corrected chi connectivity index (χ2v) is 8.42. The zero-order valence-corrected chi connectivity index (χ0v) is 13.7. The highest BCUT2D eigenvalue weighted by atomic mass is 16.2. The number of carbonyl (C=O) groups excluding carboxylic acids is 1. The van der Waals surface area contributed by atoms with Gasteiger partial charge in [0.15, 0.2) is 0 Å². The summed E-state index contributed by atoms with van der Waals surface area (Å²) in [6.45, 7) is 18.2. The van der Waals surface area contributed by atoms with E-state index in [1.54, 1.807) is 0 Å². The highest BCUT2D eigenvalue weighted by Crippen LogP contribution is 2.31. The van der Waals surface area contributed by atoms with Crippen LogP contribution in [0.2, 0.25) is 0 Å². The zero-order chi connectivity index (χ0) is 15.0. The molecule has 0 heterocycles. The van der Waals surface area contributed by atoms with Crippen molar-refractivity contribution in [3.8, 4) is 0 Å². The van der Waals surface area contributed by atoms with E-state index < -0.39 is 11.0 Å². The fraction of sp³-hybridized carbons (Fsp3) is 0.933. The normalized spacial score (nSPS) is 14.6. The lowest BCUT2D eigenvalue weighted by Crippen LogP contribution is -2.59. The number of amides is 1. The van der Waals surface area contributed by atoms with Gasteiger partial charge in [-0.25, -0.2) is 0 Å². The lowest BCUT2D eigenvalue weighted by Gasteiger charge is -2.41. The number of nitrogens with two attached hydrogens (primary N) is 1. The molecule has 0 aliphatic heterocycles. The highest BCUT2D eigenvalue weighted by molar-refractivity contribution is 5.83. The second-order valence-electron chi connectivity index (χ2n) is 8.42. The van der Waals surface area contributed by atoms with Gasteiger partial charge in [-0.1, -0.05) is 20.8 Å². The first kappa shape index (κ1) is 17.4. The van der Waals surface area contributed by atoms with Crippen LogP contribution in [0.15, 0.2) is 0 Å². The van der Waals surface area contributed by atoms with Gasteiger partial charge in [0.05, 0.1) is 5.41 Å². The number of hydrogen-bond donors (Lipinski definition) is 2. The average Bonchev–Trinajstić information content (AvgIpc) is 1.94. The summed E-state index contributed by atoms with van der Waals surface area (Å²) in [5, 5.41) is 3.14. The molecule has 0 aliphatic rings. The standard InChI is InChI=1S/C15H32N2O/c1-12(2,3)10-13(4,5)17-11(18)14(6,7)15(8,9)16/h10,16H2,1-9H3,(H,17,18). The molecule has 0 saturated carbocycles. The van der Waals surface area contributed by atoms with Crippen molar-refractivity contribution in [2.24, 2.45) is 16.6 Å². The van der Waals surface area contributed by atoms with Gasteiger partial charge in [0.25, 0.3) is 0 Å². The van der Waals surface area contributed by atoms with Crippen molar-refractivity contribution in [3.05, 3.63) is 0 Å². The molecule has 3 N–H and O–H groups in total. The van der Waals surface area contributed by atoms with E-state index in [0.29, 0.717) is 0 Å². The summed E-state index contributed by atoms with van der Waals surface area (Å²) in [6, 6.07) is 0. The van der Waals surface area contributed by atoms with Crippen LogP contribution >= 0.6 is 0 Å². The van der Waals surface area contributed by atoms with Gasteiger partial charge in [-0.2, -0.15) is 0 Å². The predicted molar refractivity (Wildman–Crippen MR) is 78.3 cm³/mol. The largest absolute Gasteiger partial charge is 0.351 e. The number of hydrogen-bond acceptors (Lipinski definition) is 2. The molecule has 0 atom stereocenters. The molecule has 0 aromatic rings. The summed E-state index contributed by atoms with van der Waals surface area (Å²) >= 11 is 0. The Kier molecular flexibility index (Phi) is 4.69. The third kappa shape index (κ3) is 4.97. The van der Waals surface area contributed by atoms with Crippen LogP contribution in [0.25, 0.3) is 0 Å². The van der Waals surface area contributed by atoms with Crippen molar-refractivity contribution in [1.82, 2.24) is 5.32 Å². The molecule has 0 aromatic heterocycles. The molecule has 3 heteroatoms. The number of nitrogens with one attached hydrogen (secondary N) is 1. The Morgan fingerprint density at radius 1 is 0.944 bits per heavy atom. The molecule has 0 aromatic carbocycles. The van der Waals surface area contributed by atoms with Crippen LogP contribution in [-0.2, 0) is 4.79 Å². The molecule has 0 saturated heterocycles. The molecule has 0 unspecified atom stereocenters. The average molecular weight is 256 g/mol. The molecule has 0 fully saturated rings. The second kappa shape index (κ2) is 4.84. The first-order valence-corrected chi connectivity index (χ1v) is 6.70. The van der Waals surface area contributed by atoms with Crippen LogP contribution in [-0.4, -0.2) is 17.0 Å². The molecule has 0 aliphatic carbocycles. The fourth-order valence-electron chi connectivity index (χ4n) is 2.13. The lowest BCUT2D eigenvalue weighted by molar-refractivity contribution is -0.134. The van der Waals surface area contributed by atoms with Gasteiger partial charge in [0, 0.05) is 11.1 Å². The van der Waals surface area contributed by atoms with E-state index >= 15 is 0 Å².